The number of nitrogens with zero attached hydrogens (tertiary/aromatic N) is 2. The number of nitrogens with one attached hydrogen (secondary N) is 2. The summed E-state index contributed by atoms with van der Waals surface area (Å²) in [5.41, 5.74) is -0.837. The highest BCUT2D eigenvalue weighted by molar-refractivity contribution is 5.97. The van der Waals surface area contributed by atoms with E-state index in [-0.39, 0.29) is 17.9 Å². The number of aromatic amines is 1. The van der Waals surface area contributed by atoms with Crippen LogP contribution in [0.1, 0.15) is 21.7 Å². The molecule has 0 unspecified atom stereocenters. The Labute approximate surface area is 123 Å². The predicted molar refractivity (Wildman–Crippen MR) is 70.4 cm³/mol. The molecule has 118 valence electrons. The number of rotatable bonds is 5. The molecule has 2 N–H and O–H groups in total. The largest absolute Gasteiger partial charge is 0.496 e. The first kappa shape index (κ1) is 15.8. The van der Waals surface area contributed by atoms with Gasteiger partial charge in [-0.1, -0.05) is 0 Å². The zero-order chi connectivity index (χ0) is 16.2. The van der Waals surface area contributed by atoms with Gasteiger partial charge in [0.1, 0.15) is 17.9 Å². The fourth-order valence-corrected chi connectivity index (χ4v) is 1.80. The van der Waals surface area contributed by atoms with Crippen molar-refractivity contribution in [3.8, 4) is 5.75 Å². The van der Waals surface area contributed by atoms with Crippen molar-refractivity contribution in [1.82, 2.24) is 20.5 Å². The molecule has 0 aliphatic heterocycles. The van der Waals surface area contributed by atoms with E-state index >= 15 is 0 Å². The molecule has 9 heteroatoms. The number of methoxy groups -OCH3 is 1. The highest BCUT2D eigenvalue weighted by Gasteiger charge is 2.31. The number of carbonyl (C=O) groups is 1. The Balaban J connectivity index is 2.05. The Kier molecular flexibility index (Phi) is 4.64. The molecule has 0 saturated carbocycles. The van der Waals surface area contributed by atoms with E-state index < -0.39 is 17.6 Å². The molecular formula is C13H13F3N4O2. The summed E-state index contributed by atoms with van der Waals surface area (Å²) in [6.07, 6.45) is -2.72. The van der Waals surface area contributed by atoms with Crippen molar-refractivity contribution in [2.75, 3.05) is 13.7 Å². The van der Waals surface area contributed by atoms with Gasteiger partial charge in [-0.2, -0.15) is 18.3 Å². The van der Waals surface area contributed by atoms with E-state index in [1.807, 2.05) is 0 Å². The third-order valence-corrected chi connectivity index (χ3v) is 2.89. The number of aromatic nitrogens is 3. The van der Waals surface area contributed by atoms with Gasteiger partial charge < -0.3 is 10.1 Å². The van der Waals surface area contributed by atoms with Crippen LogP contribution in [-0.4, -0.2) is 34.7 Å². The molecule has 1 aromatic heterocycles. The van der Waals surface area contributed by atoms with Gasteiger partial charge in [-0.25, -0.2) is 4.98 Å². The number of amides is 1. The van der Waals surface area contributed by atoms with Crippen molar-refractivity contribution >= 4 is 5.91 Å². The molecule has 1 amide bonds. The Morgan fingerprint density at radius 3 is 2.77 bits per heavy atom. The van der Waals surface area contributed by atoms with E-state index in [1.54, 1.807) is 0 Å². The van der Waals surface area contributed by atoms with Crippen molar-refractivity contribution in [2.45, 2.75) is 12.6 Å². The molecule has 0 fully saturated rings. The van der Waals surface area contributed by atoms with Crippen molar-refractivity contribution in [3.05, 3.63) is 41.5 Å². The lowest BCUT2D eigenvalue weighted by molar-refractivity contribution is -0.137. The molecule has 0 saturated heterocycles. The maximum atomic E-state index is 12.6. The van der Waals surface area contributed by atoms with Crippen LogP contribution in [0.4, 0.5) is 13.2 Å². The third kappa shape index (κ3) is 3.74. The molecule has 1 aromatic carbocycles. The number of halogens is 3. The Morgan fingerprint density at radius 1 is 1.41 bits per heavy atom. The lowest BCUT2D eigenvalue weighted by Gasteiger charge is -2.12. The maximum absolute atomic E-state index is 12.6. The van der Waals surface area contributed by atoms with Crippen LogP contribution in [0.25, 0.3) is 0 Å². The van der Waals surface area contributed by atoms with E-state index in [0.717, 1.165) is 18.2 Å². The van der Waals surface area contributed by atoms with Gasteiger partial charge in [-0.05, 0) is 18.2 Å². The number of ether oxygens (including phenoxy) is 1. The Bertz CT molecular complexity index is 641. The molecule has 0 radical (unpaired) electrons. The summed E-state index contributed by atoms with van der Waals surface area (Å²) < 4.78 is 42.7. The molecule has 0 aliphatic rings. The number of hydrogen-bond donors (Lipinski definition) is 2. The van der Waals surface area contributed by atoms with Crippen molar-refractivity contribution in [3.63, 3.8) is 0 Å². The second-order valence-corrected chi connectivity index (χ2v) is 4.35. The Morgan fingerprint density at radius 2 is 2.18 bits per heavy atom. The third-order valence-electron chi connectivity index (χ3n) is 2.89. The van der Waals surface area contributed by atoms with Crippen LogP contribution in [0.2, 0.25) is 0 Å². The number of H-pyrrole nitrogens is 1. The summed E-state index contributed by atoms with van der Waals surface area (Å²) in [6, 6.07) is 2.73. The van der Waals surface area contributed by atoms with E-state index in [1.165, 1.54) is 13.4 Å². The highest BCUT2D eigenvalue weighted by atomic mass is 19.4. The first-order valence-electron chi connectivity index (χ1n) is 6.29. The molecule has 0 spiro atoms. The molecule has 2 rings (SSSR count). The minimum Gasteiger partial charge on any atom is -0.496 e. The number of benzene rings is 1. The first-order chi connectivity index (χ1) is 10.4. The maximum Gasteiger partial charge on any atom is 0.416 e. The van der Waals surface area contributed by atoms with Gasteiger partial charge in [0, 0.05) is 13.0 Å². The lowest BCUT2D eigenvalue weighted by atomic mass is 10.1. The van der Waals surface area contributed by atoms with Gasteiger partial charge in [0.15, 0.2) is 0 Å². The fourth-order valence-electron chi connectivity index (χ4n) is 1.80. The average molecular weight is 314 g/mol. The predicted octanol–water partition coefficient (Wildman–Crippen LogP) is 1.80. The molecule has 6 nitrogen and oxygen atoms in total. The number of carbonyl (C=O) groups excluding carboxylic acids is 1. The lowest BCUT2D eigenvalue weighted by Crippen LogP contribution is -2.26. The van der Waals surface area contributed by atoms with Gasteiger partial charge in [0.2, 0.25) is 0 Å². The molecule has 22 heavy (non-hydrogen) atoms. The molecule has 0 aliphatic carbocycles. The van der Waals surface area contributed by atoms with Crippen molar-refractivity contribution in [1.29, 1.82) is 0 Å². The van der Waals surface area contributed by atoms with Gasteiger partial charge in [0.05, 0.1) is 18.2 Å². The van der Waals surface area contributed by atoms with Crippen LogP contribution in [0.15, 0.2) is 24.5 Å². The summed E-state index contributed by atoms with van der Waals surface area (Å²) >= 11 is 0. The number of alkyl halides is 3. The fraction of sp³-hybridized carbons (Fsp3) is 0.308. The summed E-state index contributed by atoms with van der Waals surface area (Å²) in [7, 11) is 1.21. The van der Waals surface area contributed by atoms with Gasteiger partial charge >= 0.3 is 6.18 Å². The summed E-state index contributed by atoms with van der Waals surface area (Å²) in [5.74, 6) is -0.0586. The van der Waals surface area contributed by atoms with Crippen molar-refractivity contribution in [2.24, 2.45) is 0 Å². The van der Waals surface area contributed by atoms with Crippen LogP contribution in [0, 0.1) is 0 Å². The molecule has 1 heterocycles. The normalized spacial score (nSPS) is 11.3. The summed E-state index contributed by atoms with van der Waals surface area (Å²) in [5, 5.41) is 8.88. The van der Waals surface area contributed by atoms with Gasteiger partial charge in [-0.15, -0.1) is 0 Å². The summed E-state index contributed by atoms with van der Waals surface area (Å²) in [4.78, 5) is 15.9. The average Bonchev–Trinajstić information content (AvgIpc) is 2.98. The van der Waals surface area contributed by atoms with E-state index in [2.05, 4.69) is 20.5 Å². The minimum absolute atomic E-state index is 0.0352. The van der Waals surface area contributed by atoms with Crippen LogP contribution in [0.5, 0.6) is 5.75 Å². The molecule has 2 aromatic rings. The zero-order valence-electron chi connectivity index (χ0n) is 11.6. The van der Waals surface area contributed by atoms with Gasteiger partial charge in [-0.3, -0.25) is 9.89 Å². The zero-order valence-corrected chi connectivity index (χ0v) is 11.6. The second-order valence-electron chi connectivity index (χ2n) is 4.35. The topological polar surface area (TPSA) is 79.9 Å². The SMILES string of the molecule is COc1cc(C(F)(F)F)ccc1C(=O)NCCc1ncn[nH]1. The standard InChI is InChI=1S/C13H13F3N4O2/c1-22-10-6-8(13(14,15)16)2-3-9(10)12(21)17-5-4-11-18-7-19-20-11/h2-3,6-7H,4-5H2,1H3,(H,17,21)(H,18,19,20). The molecular weight excluding hydrogens is 301 g/mol. The smallest absolute Gasteiger partial charge is 0.416 e. The number of hydrogen-bond acceptors (Lipinski definition) is 4. The highest BCUT2D eigenvalue weighted by Crippen LogP contribution is 2.32. The van der Waals surface area contributed by atoms with E-state index in [4.69, 9.17) is 4.74 Å². The first-order valence-corrected chi connectivity index (χ1v) is 6.29. The Hall–Kier alpha value is -2.58. The van der Waals surface area contributed by atoms with Crippen LogP contribution >= 0.6 is 0 Å². The second kappa shape index (κ2) is 6.46. The monoisotopic (exact) mass is 314 g/mol. The minimum atomic E-state index is -4.49. The van der Waals surface area contributed by atoms with Crippen LogP contribution in [0.3, 0.4) is 0 Å². The molecule has 0 bridgehead atoms. The van der Waals surface area contributed by atoms with Crippen molar-refractivity contribution < 1.29 is 22.7 Å². The summed E-state index contributed by atoms with van der Waals surface area (Å²) in [6.45, 7) is 0.262. The van der Waals surface area contributed by atoms with E-state index in [9.17, 15) is 18.0 Å². The van der Waals surface area contributed by atoms with E-state index in [0.29, 0.717) is 12.2 Å². The van der Waals surface area contributed by atoms with Crippen LogP contribution in [-0.2, 0) is 12.6 Å². The van der Waals surface area contributed by atoms with Gasteiger partial charge in [0.25, 0.3) is 5.91 Å². The van der Waals surface area contributed by atoms with Crippen LogP contribution < -0.4 is 10.1 Å². The molecule has 0 atom stereocenters. The quantitative estimate of drug-likeness (QED) is 0.882.